The van der Waals surface area contributed by atoms with Gasteiger partial charge in [-0.15, -0.1) is 0 Å². The van der Waals surface area contributed by atoms with Gasteiger partial charge in [-0.05, 0) is 45.0 Å². The molecule has 1 aliphatic rings. The van der Waals surface area contributed by atoms with Gasteiger partial charge < -0.3 is 19.4 Å². The van der Waals surface area contributed by atoms with Crippen LogP contribution in [0.25, 0.3) is 11.2 Å². The molecule has 4 rings (SSSR count). The summed E-state index contributed by atoms with van der Waals surface area (Å²) in [7, 11) is 3.52. The summed E-state index contributed by atoms with van der Waals surface area (Å²) in [5.74, 6) is 2.12. The van der Waals surface area contributed by atoms with Crippen LogP contribution in [0.2, 0.25) is 0 Å². The zero-order chi connectivity index (χ0) is 20.1. The fraction of sp³-hybridized carbons (Fsp3) is 0.381. The second kappa shape index (κ2) is 6.51. The van der Waals surface area contributed by atoms with Crippen molar-refractivity contribution in [1.82, 2.24) is 19.9 Å². The van der Waals surface area contributed by atoms with Gasteiger partial charge in [0.05, 0.1) is 18.7 Å². The first kappa shape index (κ1) is 18.3. The van der Waals surface area contributed by atoms with E-state index in [1.54, 1.807) is 19.4 Å². The molecule has 7 heteroatoms. The number of aryl methyl sites for hydroxylation is 2. The standard InChI is InChI=1S/C21H24N4O3/c1-12-23-18-14(8-9-22-19(18)25(12)4)20(26)24-16-11-21(2,3)28-17-7-6-13(27-5)10-15(16)17/h6-10,16H,11H2,1-5H3,(H,24,26). The maximum Gasteiger partial charge on any atom is 0.254 e. The third kappa shape index (κ3) is 3.06. The minimum Gasteiger partial charge on any atom is -0.497 e. The number of methoxy groups -OCH3 is 1. The second-order valence-corrected chi connectivity index (χ2v) is 7.74. The first-order chi connectivity index (χ1) is 13.3. The van der Waals surface area contributed by atoms with Gasteiger partial charge in [0.2, 0.25) is 0 Å². The number of pyridine rings is 1. The van der Waals surface area contributed by atoms with Crippen LogP contribution in [0.5, 0.6) is 11.5 Å². The highest BCUT2D eigenvalue weighted by atomic mass is 16.5. The van der Waals surface area contributed by atoms with E-state index < -0.39 is 5.60 Å². The number of nitrogens with zero attached hydrogens (tertiary/aromatic N) is 3. The maximum atomic E-state index is 13.2. The van der Waals surface area contributed by atoms with Crippen LogP contribution in [0.3, 0.4) is 0 Å². The van der Waals surface area contributed by atoms with Crippen LogP contribution >= 0.6 is 0 Å². The Morgan fingerprint density at radius 2 is 2.14 bits per heavy atom. The molecule has 1 aromatic carbocycles. The van der Waals surface area contributed by atoms with Gasteiger partial charge in [0.1, 0.15) is 28.4 Å². The molecule has 146 valence electrons. The predicted octanol–water partition coefficient (Wildman–Crippen LogP) is 3.32. The van der Waals surface area contributed by atoms with Gasteiger partial charge in [0.25, 0.3) is 5.91 Å². The van der Waals surface area contributed by atoms with Crippen LogP contribution in [0.1, 0.15) is 48.1 Å². The topological polar surface area (TPSA) is 78.3 Å². The van der Waals surface area contributed by atoms with Crippen molar-refractivity contribution >= 4 is 17.1 Å². The highest BCUT2D eigenvalue weighted by molar-refractivity contribution is 6.04. The molecule has 0 saturated carbocycles. The monoisotopic (exact) mass is 380 g/mol. The molecule has 0 spiro atoms. The lowest BCUT2D eigenvalue weighted by Gasteiger charge is -2.38. The lowest BCUT2D eigenvalue weighted by Crippen LogP contribution is -2.41. The molecule has 1 aliphatic heterocycles. The summed E-state index contributed by atoms with van der Waals surface area (Å²) in [5, 5.41) is 3.17. The molecule has 1 N–H and O–H groups in total. The third-order valence-electron chi connectivity index (χ3n) is 5.21. The number of carbonyl (C=O) groups excluding carboxylic acids is 1. The minimum absolute atomic E-state index is 0.179. The smallest absolute Gasteiger partial charge is 0.254 e. The molecule has 0 aliphatic carbocycles. The SMILES string of the molecule is COc1ccc2c(c1)C(NC(=O)c1ccnc3c1nc(C)n3C)CC(C)(C)O2. The number of carbonyl (C=O) groups is 1. The van der Waals surface area contributed by atoms with E-state index in [1.807, 2.05) is 50.6 Å². The molecule has 3 aromatic rings. The Labute approximate surface area is 163 Å². The van der Waals surface area contributed by atoms with E-state index >= 15 is 0 Å². The number of amides is 1. The van der Waals surface area contributed by atoms with Gasteiger partial charge >= 0.3 is 0 Å². The summed E-state index contributed by atoms with van der Waals surface area (Å²) in [6.07, 6.45) is 2.29. The molecule has 1 unspecified atom stereocenters. The van der Waals surface area contributed by atoms with E-state index in [0.717, 1.165) is 22.9 Å². The van der Waals surface area contributed by atoms with Crippen LogP contribution in [0.4, 0.5) is 0 Å². The third-order valence-corrected chi connectivity index (χ3v) is 5.21. The normalized spacial score (nSPS) is 17.7. The first-order valence-electron chi connectivity index (χ1n) is 9.25. The van der Waals surface area contributed by atoms with Crippen LogP contribution in [0, 0.1) is 6.92 Å². The molecule has 0 saturated heterocycles. The molecule has 1 amide bonds. The van der Waals surface area contributed by atoms with Crippen molar-refractivity contribution in [2.75, 3.05) is 7.11 Å². The van der Waals surface area contributed by atoms with Gasteiger partial charge in [-0.2, -0.15) is 0 Å². The molecule has 0 fully saturated rings. The Kier molecular flexibility index (Phi) is 4.25. The fourth-order valence-corrected chi connectivity index (χ4v) is 3.70. The van der Waals surface area contributed by atoms with E-state index in [-0.39, 0.29) is 11.9 Å². The van der Waals surface area contributed by atoms with Crippen LogP contribution in [0.15, 0.2) is 30.5 Å². The van der Waals surface area contributed by atoms with E-state index in [9.17, 15) is 4.79 Å². The van der Waals surface area contributed by atoms with E-state index in [0.29, 0.717) is 23.1 Å². The van der Waals surface area contributed by atoms with Crippen molar-refractivity contribution in [2.45, 2.75) is 38.8 Å². The molecule has 7 nitrogen and oxygen atoms in total. The summed E-state index contributed by atoms with van der Waals surface area (Å²) in [5.41, 5.74) is 2.34. The van der Waals surface area contributed by atoms with Crippen molar-refractivity contribution < 1.29 is 14.3 Å². The number of nitrogens with one attached hydrogen (secondary N) is 1. The van der Waals surface area contributed by atoms with E-state index in [4.69, 9.17) is 9.47 Å². The van der Waals surface area contributed by atoms with Crippen molar-refractivity contribution in [1.29, 1.82) is 0 Å². The fourth-order valence-electron chi connectivity index (χ4n) is 3.70. The summed E-state index contributed by atoms with van der Waals surface area (Å²) in [6.45, 7) is 5.94. The number of aromatic nitrogens is 3. The number of ether oxygens (including phenoxy) is 2. The zero-order valence-electron chi connectivity index (χ0n) is 16.7. The number of rotatable bonds is 3. The van der Waals surface area contributed by atoms with Gasteiger partial charge in [0.15, 0.2) is 5.65 Å². The van der Waals surface area contributed by atoms with Crippen molar-refractivity contribution in [3.63, 3.8) is 0 Å². The maximum absolute atomic E-state index is 13.2. The van der Waals surface area contributed by atoms with Gasteiger partial charge in [-0.25, -0.2) is 9.97 Å². The van der Waals surface area contributed by atoms with Crippen molar-refractivity contribution in [3.05, 3.63) is 47.4 Å². The molecule has 28 heavy (non-hydrogen) atoms. The molecule has 1 atom stereocenters. The Morgan fingerprint density at radius 3 is 2.89 bits per heavy atom. The lowest BCUT2D eigenvalue weighted by molar-refractivity contribution is 0.0618. The van der Waals surface area contributed by atoms with Gasteiger partial charge in [0, 0.05) is 25.2 Å². The van der Waals surface area contributed by atoms with E-state index in [2.05, 4.69) is 15.3 Å². The summed E-state index contributed by atoms with van der Waals surface area (Å²) in [6, 6.07) is 7.18. The largest absolute Gasteiger partial charge is 0.497 e. The summed E-state index contributed by atoms with van der Waals surface area (Å²) in [4.78, 5) is 22.0. The van der Waals surface area contributed by atoms with Crippen LogP contribution < -0.4 is 14.8 Å². The Hall–Kier alpha value is -3.09. The average molecular weight is 380 g/mol. The highest BCUT2D eigenvalue weighted by Crippen LogP contribution is 2.41. The Balaban J connectivity index is 1.71. The second-order valence-electron chi connectivity index (χ2n) is 7.74. The van der Waals surface area contributed by atoms with Crippen molar-refractivity contribution in [3.8, 4) is 11.5 Å². The lowest BCUT2D eigenvalue weighted by atomic mass is 9.89. The van der Waals surface area contributed by atoms with Crippen LogP contribution in [-0.4, -0.2) is 33.2 Å². The van der Waals surface area contributed by atoms with Crippen molar-refractivity contribution in [2.24, 2.45) is 7.05 Å². The molecule has 0 radical (unpaired) electrons. The molecule has 2 aromatic heterocycles. The highest BCUT2D eigenvalue weighted by Gasteiger charge is 2.35. The zero-order valence-corrected chi connectivity index (χ0v) is 16.7. The number of fused-ring (bicyclic) bond motifs is 2. The minimum atomic E-state index is -0.394. The molecule has 3 heterocycles. The average Bonchev–Trinajstić information content (AvgIpc) is 2.95. The molecular formula is C21H24N4O3. The van der Waals surface area contributed by atoms with Gasteiger partial charge in [-0.3, -0.25) is 4.79 Å². The quantitative estimate of drug-likeness (QED) is 0.754. The van der Waals surface area contributed by atoms with Crippen LogP contribution in [-0.2, 0) is 7.05 Å². The summed E-state index contributed by atoms with van der Waals surface area (Å²) < 4.78 is 13.3. The number of imidazole rings is 1. The number of hydrogen-bond acceptors (Lipinski definition) is 5. The molecule has 0 bridgehead atoms. The summed E-state index contributed by atoms with van der Waals surface area (Å²) >= 11 is 0. The Morgan fingerprint density at radius 1 is 1.36 bits per heavy atom. The number of benzene rings is 1. The molecular weight excluding hydrogens is 356 g/mol. The first-order valence-corrected chi connectivity index (χ1v) is 9.25. The number of hydrogen-bond donors (Lipinski definition) is 1. The van der Waals surface area contributed by atoms with E-state index in [1.165, 1.54) is 0 Å². The Bertz CT molecular complexity index is 1070. The predicted molar refractivity (Wildman–Crippen MR) is 106 cm³/mol. The van der Waals surface area contributed by atoms with Gasteiger partial charge in [-0.1, -0.05) is 0 Å².